The molecule has 3 heteroatoms. The quantitative estimate of drug-likeness (QED) is 0.835. The molecular formula is C14H20N2O. The van der Waals surface area contributed by atoms with Crippen molar-refractivity contribution in [3.63, 3.8) is 0 Å². The van der Waals surface area contributed by atoms with Crippen molar-refractivity contribution in [3.05, 3.63) is 35.4 Å². The lowest BCUT2D eigenvalue weighted by molar-refractivity contribution is 0.0947. The molecule has 0 bridgehead atoms. The number of hydrogen-bond donors (Lipinski definition) is 2. The molecule has 0 aliphatic heterocycles. The Morgan fingerprint density at radius 2 is 2.06 bits per heavy atom. The molecule has 0 saturated heterocycles. The van der Waals surface area contributed by atoms with Gasteiger partial charge in [-0.2, -0.15) is 0 Å². The zero-order valence-corrected chi connectivity index (χ0v) is 10.3. The Balaban J connectivity index is 1.83. The van der Waals surface area contributed by atoms with E-state index < -0.39 is 0 Å². The molecule has 0 spiro atoms. The van der Waals surface area contributed by atoms with Crippen molar-refractivity contribution in [2.45, 2.75) is 32.2 Å². The first-order valence-corrected chi connectivity index (χ1v) is 6.25. The fraction of sp³-hybridized carbons (Fsp3) is 0.500. The second kappa shape index (κ2) is 5.32. The van der Waals surface area contributed by atoms with Crippen LogP contribution in [0.3, 0.4) is 0 Å². The smallest absolute Gasteiger partial charge is 0.251 e. The monoisotopic (exact) mass is 232 g/mol. The van der Waals surface area contributed by atoms with Gasteiger partial charge < -0.3 is 11.1 Å². The first-order valence-electron chi connectivity index (χ1n) is 6.25. The van der Waals surface area contributed by atoms with E-state index in [4.69, 9.17) is 5.73 Å². The van der Waals surface area contributed by atoms with E-state index in [0.717, 1.165) is 31.4 Å². The molecule has 1 aromatic carbocycles. The maximum Gasteiger partial charge on any atom is 0.251 e. The Hall–Kier alpha value is -1.35. The van der Waals surface area contributed by atoms with E-state index in [1.165, 1.54) is 5.56 Å². The van der Waals surface area contributed by atoms with Crippen LogP contribution in [-0.4, -0.2) is 18.5 Å². The van der Waals surface area contributed by atoms with E-state index in [-0.39, 0.29) is 5.91 Å². The van der Waals surface area contributed by atoms with Gasteiger partial charge in [0.25, 0.3) is 5.91 Å². The van der Waals surface area contributed by atoms with Crippen LogP contribution in [0.2, 0.25) is 0 Å². The van der Waals surface area contributed by atoms with E-state index in [2.05, 4.69) is 5.32 Å². The molecule has 2 unspecified atom stereocenters. The van der Waals surface area contributed by atoms with Crippen molar-refractivity contribution in [2.75, 3.05) is 6.54 Å². The molecule has 1 aliphatic rings. The van der Waals surface area contributed by atoms with Crippen molar-refractivity contribution in [2.24, 2.45) is 11.7 Å². The second-order valence-electron chi connectivity index (χ2n) is 5.02. The van der Waals surface area contributed by atoms with Crippen LogP contribution in [-0.2, 0) is 0 Å². The second-order valence-corrected chi connectivity index (χ2v) is 5.02. The Morgan fingerprint density at radius 3 is 2.65 bits per heavy atom. The average Bonchev–Trinajstić information content (AvgIpc) is 2.73. The predicted molar refractivity (Wildman–Crippen MR) is 68.8 cm³/mol. The van der Waals surface area contributed by atoms with Crippen LogP contribution in [0.1, 0.15) is 35.2 Å². The zero-order valence-electron chi connectivity index (χ0n) is 10.3. The molecule has 3 N–H and O–H groups in total. The summed E-state index contributed by atoms with van der Waals surface area (Å²) in [4.78, 5) is 11.9. The van der Waals surface area contributed by atoms with Gasteiger partial charge in [0.1, 0.15) is 0 Å². The molecule has 0 heterocycles. The van der Waals surface area contributed by atoms with Crippen LogP contribution in [0.5, 0.6) is 0 Å². The topological polar surface area (TPSA) is 55.1 Å². The number of carbonyl (C=O) groups is 1. The highest BCUT2D eigenvalue weighted by atomic mass is 16.1. The molecule has 0 aromatic heterocycles. The molecule has 1 aromatic rings. The Kier molecular flexibility index (Phi) is 3.79. The standard InChI is InChI=1S/C14H20N2O/c1-10-2-5-12(6-3-10)14(17)16-9-11-4-7-13(15)8-11/h2-3,5-6,11,13H,4,7-9,15H2,1H3,(H,16,17). The molecule has 0 radical (unpaired) electrons. The highest BCUT2D eigenvalue weighted by molar-refractivity contribution is 5.94. The number of rotatable bonds is 3. The largest absolute Gasteiger partial charge is 0.352 e. The van der Waals surface area contributed by atoms with Gasteiger partial charge in [0.15, 0.2) is 0 Å². The molecule has 1 aliphatic carbocycles. The lowest BCUT2D eigenvalue weighted by atomic mass is 10.1. The summed E-state index contributed by atoms with van der Waals surface area (Å²) in [6, 6.07) is 7.98. The highest BCUT2D eigenvalue weighted by Crippen LogP contribution is 2.23. The van der Waals surface area contributed by atoms with Gasteiger partial charge in [0.2, 0.25) is 0 Å². The Labute approximate surface area is 102 Å². The number of carbonyl (C=O) groups excluding carboxylic acids is 1. The Morgan fingerprint density at radius 1 is 1.35 bits per heavy atom. The summed E-state index contributed by atoms with van der Waals surface area (Å²) in [5.41, 5.74) is 7.75. The molecule has 17 heavy (non-hydrogen) atoms. The van der Waals surface area contributed by atoms with Crippen molar-refractivity contribution in [1.82, 2.24) is 5.32 Å². The van der Waals surface area contributed by atoms with E-state index in [9.17, 15) is 4.79 Å². The lowest BCUT2D eigenvalue weighted by Crippen LogP contribution is -2.29. The number of amides is 1. The fourth-order valence-electron chi connectivity index (χ4n) is 2.34. The molecule has 1 amide bonds. The number of aryl methyl sites for hydroxylation is 1. The zero-order chi connectivity index (χ0) is 12.3. The van der Waals surface area contributed by atoms with Gasteiger partial charge in [0.05, 0.1) is 0 Å². The SMILES string of the molecule is Cc1ccc(C(=O)NCC2CCC(N)C2)cc1. The average molecular weight is 232 g/mol. The van der Waals surface area contributed by atoms with Crippen molar-refractivity contribution < 1.29 is 4.79 Å². The lowest BCUT2D eigenvalue weighted by Gasteiger charge is -2.11. The molecule has 2 rings (SSSR count). The first kappa shape index (κ1) is 12.1. The van der Waals surface area contributed by atoms with E-state index >= 15 is 0 Å². The first-order chi connectivity index (χ1) is 8.15. The molecule has 3 nitrogen and oxygen atoms in total. The third-order valence-corrected chi connectivity index (χ3v) is 3.45. The van der Waals surface area contributed by atoms with Crippen LogP contribution in [0.25, 0.3) is 0 Å². The highest BCUT2D eigenvalue weighted by Gasteiger charge is 2.21. The van der Waals surface area contributed by atoms with Crippen LogP contribution in [0.4, 0.5) is 0 Å². The predicted octanol–water partition coefficient (Wildman–Crippen LogP) is 1.85. The van der Waals surface area contributed by atoms with Gasteiger partial charge in [-0.05, 0) is 44.2 Å². The van der Waals surface area contributed by atoms with Gasteiger partial charge in [-0.3, -0.25) is 4.79 Å². The molecular weight excluding hydrogens is 212 g/mol. The number of benzene rings is 1. The minimum absolute atomic E-state index is 0.0190. The normalized spacial score (nSPS) is 23.6. The van der Waals surface area contributed by atoms with Gasteiger partial charge in [-0.15, -0.1) is 0 Å². The third kappa shape index (κ3) is 3.30. The van der Waals surface area contributed by atoms with Gasteiger partial charge >= 0.3 is 0 Å². The summed E-state index contributed by atoms with van der Waals surface area (Å²) in [6.45, 7) is 2.77. The maximum atomic E-state index is 11.9. The van der Waals surface area contributed by atoms with Gasteiger partial charge in [0, 0.05) is 18.2 Å². The van der Waals surface area contributed by atoms with Crippen molar-refractivity contribution in [3.8, 4) is 0 Å². The summed E-state index contributed by atoms with van der Waals surface area (Å²) in [7, 11) is 0. The summed E-state index contributed by atoms with van der Waals surface area (Å²) < 4.78 is 0. The minimum atomic E-state index is 0.0190. The molecule has 1 saturated carbocycles. The van der Waals surface area contributed by atoms with Crippen LogP contribution < -0.4 is 11.1 Å². The van der Waals surface area contributed by atoms with Crippen LogP contribution >= 0.6 is 0 Å². The summed E-state index contributed by atoms with van der Waals surface area (Å²) >= 11 is 0. The molecule has 1 fully saturated rings. The third-order valence-electron chi connectivity index (χ3n) is 3.45. The number of nitrogens with one attached hydrogen (secondary N) is 1. The van der Waals surface area contributed by atoms with Crippen LogP contribution in [0.15, 0.2) is 24.3 Å². The van der Waals surface area contributed by atoms with Crippen molar-refractivity contribution in [1.29, 1.82) is 0 Å². The maximum absolute atomic E-state index is 11.9. The van der Waals surface area contributed by atoms with Gasteiger partial charge in [-0.1, -0.05) is 17.7 Å². The van der Waals surface area contributed by atoms with Crippen LogP contribution in [0, 0.1) is 12.8 Å². The number of nitrogens with two attached hydrogens (primary N) is 1. The summed E-state index contributed by atoms with van der Waals surface area (Å²) in [5.74, 6) is 0.574. The fourth-order valence-corrected chi connectivity index (χ4v) is 2.34. The van der Waals surface area contributed by atoms with Gasteiger partial charge in [-0.25, -0.2) is 0 Å². The minimum Gasteiger partial charge on any atom is -0.352 e. The molecule has 2 atom stereocenters. The van der Waals surface area contributed by atoms with Crippen molar-refractivity contribution >= 4 is 5.91 Å². The summed E-state index contributed by atoms with van der Waals surface area (Å²) in [5, 5.41) is 2.99. The molecule has 92 valence electrons. The Bertz CT molecular complexity index is 386. The number of hydrogen-bond acceptors (Lipinski definition) is 2. The van der Waals surface area contributed by atoms with E-state index in [0.29, 0.717) is 12.0 Å². The van der Waals surface area contributed by atoms with E-state index in [1.54, 1.807) is 0 Å². The van der Waals surface area contributed by atoms with E-state index in [1.807, 2.05) is 31.2 Å². The summed E-state index contributed by atoms with van der Waals surface area (Å²) in [6.07, 6.45) is 3.26.